The minimum Gasteiger partial charge on any atom is -0.391 e. The molecule has 1 heterocycles. The molecule has 2 rings (SSSR count). The monoisotopic (exact) mass is 279 g/mol. The Balaban J connectivity index is 1.70. The Morgan fingerprint density at radius 2 is 2.20 bits per heavy atom. The van der Waals surface area contributed by atoms with Crippen LogP contribution in [0, 0.1) is 0 Å². The van der Waals surface area contributed by atoms with Gasteiger partial charge in [0.2, 0.25) is 0 Å². The van der Waals surface area contributed by atoms with Crippen molar-refractivity contribution in [2.75, 3.05) is 31.2 Å². The molecule has 1 aromatic heterocycles. The molecule has 6 nitrogen and oxygen atoms in total. The third-order valence-electron chi connectivity index (χ3n) is 4.07. The summed E-state index contributed by atoms with van der Waals surface area (Å²) in [6.07, 6.45) is 9.15. The zero-order chi connectivity index (χ0) is 14.4. The Labute approximate surface area is 119 Å². The van der Waals surface area contributed by atoms with Gasteiger partial charge in [0, 0.05) is 12.6 Å². The number of nitrogens with one attached hydrogen (secondary N) is 2. The van der Waals surface area contributed by atoms with Crippen LogP contribution in [0.2, 0.25) is 0 Å². The van der Waals surface area contributed by atoms with Crippen molar-refractivity contribution in [2.45, 2.75) is 44.6 Å². The third-order valence-corrected chi connectivity index (χ3v) is 4.07. The highest BCUT2D eigenvalue weighted by Gasteiger charge is 2.17. The van der Waals surface area contributed by atoms with E-state index in [1.165, 1.54) is 38.4 Å². The van der Waals surface area contributed by atoms with Crippen LogP contribution < -0.4 is 16.6 Å². The summed E-state index contributed by atoms with van der Waals surface area (Å²) in [4.78, 5) is 20.3. The minimum absolute atomic E-state index is 0.160. The summed E-state index contributed by atoms with van der Waals surface area (Å²) in [7, 11) is 2.20. The molecule has 0 atom stereocenters. The molecule has 0 spiro atoms. The first-order valence-electron chi connectivity index (χ1n) is 7.45. The van der Waals surface area contributed by atoms with Gasteiger partial charge in [0.1, 0.15) is 5.69 Å². The number of H-pyrrole nitrogens is 1. The number of hydrogen-bond donors (Lipinski definition) is 3. The van der Waals surface area contributed by atoms with Gasteiger partial charge in [0.05, 0.1) is 6.33 Å². The maximum absolute atomic E-state index is 11.3. The zero-order valence-corrected chi connectivity index (χ0v) is 12.2. The summed E-state index contributed by atoms with van der Waals surface area (Å²) in [6, 6.07) is 0.742. The van der Waals surface area contributed by atoms with E-state index in [2.05, 4.69) is 27.2 Å². The summed E-state index contributed by atoms with van der Waals surface area (Å²) in [5.74, 6) is 0.481. The SMILES string of the molecule is CN(CCCNc1nc[nH]c(=O)c1N)C1CCCCC1. The van der Waals surface area contributed by atoms with Crippen molar-refractivity contribution < 1.29 is 0 Å². The largest absolute Gasteiger partial charge is 0.391 e. The van der Waals surface area contributed by atoms with Crippen LogP contribution >= 0.6 is 0 Å². The predicted octanol–water partition coefficient (Wildman–Crippen LogP) is 1.42. The van der Waals surface area contributed by atoms with Crippen LogP contribution in [0.25, 0.3) is 0 Å². The zero-order valence-electron chi connectivity index (χ0n) is 12.2. The highest BCUT2D eigenvalue weighted by Crippen LogP contribution is 2.21. The van der Waals surface area contributed by atoms with Gasteiger partial charge in [-0.05, 0) is 32.9 Å². The van der Waals surface area contributed by atoms with Crippen molar-refractivity contribution in [3.63, 3.8) is 0 Å². The molecule has 112 valence electrons. The molecule has 1 fully saturated rings. The fraction of sp³-hybridized carbons (Fsp3) is 0.714. The molecule has 1 aromatic rings. The number of rotatable bonds is 6. The Hall–Kier alpha value is -1.56. The molecule has 1 aliphatic rings. The van der Waals surface area contributed by atoms with E-state index in [-0.39, 0.29) is 11.2 Å². The van der Waals surface area contributed by atoms with E-state index in [4.69, 9.17) is 5.73 Å². The van der Waals surface area contributed by atoms with E-state index in [1.54, 1.807) is 0 Å². The van der Waals surface area contributed by atoms with Crippen molar-refractivity contribution in [3.05, 3.63) is 16.7 Å². The fourth-order valence-corrected chi connectivity index (χ4v) is 2.79. The molecule has 20 heavy (non-hydrogen) atoms. The minimum atomic E-state index is -0.290. The summed E-state index contributed by atoms with van der Waals surface area (Å²) < 4.78 is 0. The van der Waals surface area contributed by atoms with Crippen molar-refractivity contribution in [2.24, 2.45) is 0 Å². The van der Waals surface area contributed by atoms with Gasteiger partial charge < -0.3 is 20.9 Å². The summed E-state index contributed by atoms with van der Waals surface area (Å²) in [5, 5.41) is 3.13. The van der Waals surface area contributed by atoms with Gasteiger partial charge in [-0.2, -0.15) is 0 Å². The van der Waals surface area contributed by atoms with Crippen LogP contribution in [-0.4, -0.2) is 41.0 Å². The highest BCUT2D eigenvalue weighted by atomic mass is 16.1. The number of aromatic amines is 1. The molecule has 0 bridgehead atoms. The molecule has 6 heteroatoms. The van der Waals surface area contributed by atoms with Crippen LogP contribution in [0.1, 0.15) is 38.5 Å². The number of nitrogens with zero attached hydrogens (tertiary/aromatic N) is 2. The van der Waals surface area contributed by atoms with Crippen LogP contribution in [0.4, 0.5) is 11.5 Å². The average molecular weight is 279 g/mol. The standard InChI is InChI=1S/C14H25N5O/c1-19(11-6-3-2-4-7-11)9-5-8-16-13-12(15)14(20)18-10-17-13/h10-11H,2-9,15H2,1H3,(H2,16,17,18,20). The second kappa shape index (κ2) is 7.28. The van der Waals surface area contributed by atoms with E-state index in [0.29, 0.717) is 5.82 Å². The number of anilines is 2. The van der Waals surface area contributed by atoms with E-state index in [1.807, 2.05) is 0 Å². The highest BCUT2D eigenvalue weighted by molar-refractivity contribution is 5.58. The number of nitrogen functional groups attached to an aromatic ring is 1. The van der Waals surface area contributed by atoms with Gasteiger partial charge in [-0.3, -0.25) is 4.79 Å². The predicted molar refractivity (Wildman–Crippen MR) is 81.9 cm³/mol. The smallest absolute Gasteiger partial charge is 0.276 e. The molecule has 0 aromatic carbocycles. The first-order valence-corrected chi connectivity index (χ1v) is 7.45. The second-order valence-electron chi connectivity index (χ2n) is 5.55. The Bertz CT molecular complexity index is 467. The molecule has 1 aliphatic carbocycles. The summed E-state index contributed by atoms with van der Waals surface area (Å²) >= 11 is 0. The van der Waals surface area contributed by atoms with E-state index in [0.717, 1.165) is 25.6 Å². The molecule has 0 aliphatic heterocycles. The van der Waals surface area contributed by atoms with Gasteiger partial charge in [0.15, 0.2) is 5.82 Å². The van der Waals surface area contributed by atoms with Crippen LogP contribution in [0.15, 0.2) is 11.1 Å². The van der Waals surface area contributed by atoms with Crippen LogP contribution in [-0.2, 0) is 0 Å². The molecular weight excluding hydrogens is 254 g/mol. The van der Waals surface area contributed by atoms with Crippen LogP contribution in [0.3, 0.4) is 0 Å². The third kappa shape index (κ3) is 3.96. The van der Waals surface area contributed by atoms with Gasteiger partial charge in [0.25, 0.3) is 5.56 Å². The summed E-state index contributed by atoms with van der Waals surface area (Å²) in [6.45, 7) is 1.83. The normalized spacial score (nSPS) is 16.5. The molecule has 0 saturated heterocycles. The number of hydrogen-bond acceptors (Lipinski definition) is 5. The lowest BCUT2D eigenvalue weighted by Gasteiger charge is -2.31. The average Bonchev–Trinajstić information content (AvgIpc) is 2.48. The lowest BCUT2D eigenvalue weighted by molar-refractivity contribution is 0.191. The Kier molecular flexibility index (Phi) is 5.40. The molecule has 0 radical (unpaired) electrons. The van der Waals surface area contributed by atoms with E-state index < -0.39 is 0 Å². The van der Waals surface area contributed by atoms with Gasteiger partial charge in [-0.15, -0.1) is 0 Å². The molecule has 4 N–H and O–H groups in total. The van der Waals surface area contributed by atoms with E-state index >= 15 is 0 Å². The van der Waals surface area contributed by atoms with Crippen molar-refractivity contribution in [3.8, 4) is 0 Å². The van der Waals surface area contributed by atoms with Crippen molar-refractivity contribution in [1.29, 1.82) is 0 Å². The van der Waals surface area contributed by atoms with Gasteiger partial charge >= 0.3 is 0 Å². The molecule has 1 saturated carbocycles. The topological polar surface area (TPSA) is 87.0 Å². The molecular formula is C14H25N5O. The van der Waals surface area contributed by atoms with E-state index in [9.17, 15) is 4.79 Å². The van der Waals surface area contributed by atoms with Crippen molar-refractivity contribution >= 4 is 11.5 Å². The first-order chi connectivity index (χ1) is 9.68. The first kappa shape index (κ1) is 14.8. The fourth-order valence-electron chi connectivity index (χ4n) is 2.79. The maximum atomic E-state index is 11.3. The van der Waals surface area contributed by atoms with Crippen LogP contribution in [0.5, 0.6) is 0 Å². The molecule has 0 unspecified atom stereocenters. The summed E-state index contributed by atoms with van der Waals surface area (Å²) in [5.41, 5.74) is 5.53. The lowest BCUT2D eigenvalue weighted by Crippen LogP contribution is -2.34. The lowest BCUT2D eigenvalue weighted by atomic mass is 9.94. The quantitative estimate of drug-likeness (QED) is 0.686. The second-order valence-corrected chi connectivity index (χ2v) is 5.55. The van der Waals surface area contributed by atoms with Gasteiger partial charge in [-0.25, -0.2) is 4.98 Å². The maximum Gasteiger partial charge on any atom is 0.276 e. The number of aromatic nitrogens is 2. The molecule has 0 amide bonds. The van der Waals surface area contributed by atoms with Crippen molar-refractivity contribution in [1.82, 2.24) is 14.9 Å². The van der Waals surface area contributed by atoms with Gasteiger partial charge in [-0.1, -0.05) is 19.3 Å². The Morgan fingerprint density at radius 3 is 2.95 bits per heavy atom. The Morgan fingerprint density at radius 1 is 1.45 bits per heavy atom. The number of nitrogens with two attached hydrogens (primary N) is 1.